The Morgan fingerprint density at radius 3 is 2.86 bits per heavy atom. The highest BCUT2D eigenvalue weighted by molar-refractivity contribution is 5.88. The van der Waals surface area contributed by atoms with E-state index in [1.54, 1.807) is 13.2 Å². The Morgan fingerprint density at radius 1 is 1.41 bits per heavy atom. The molecule has 1 fully saturated rings. The summed E-state index contributed by atoms with van der Waals surface area (Å²) in [7, 11) is 1.60. The maximum absolute atomic E-state index is 11.9. The summed E-state index contributed by atoms with van der Waals surface area (Å²) < 4.78 is 10.7. The van der Waals surface area contributed by atoms with Crippen LogP contribution in [0.1, 0.15) is 25.3 Å². The van der Waals surface area contributed by atoms with Gasteiger partial charge in [0.05, 0.1) is 7.11 Å². The monoisotopic (exact) mass is 306 g/mol. The van der Waals surface area contributed by atoms with Gasteiger partial charge in [-0.25, -0.2) is 0 Å². The van der Waals surface area contributed by atoms with Crippen molar-refractivity contribution in [2.24, 2.45) is 0 Å². The molecule has 1 aromatic rings. The van der Waals surface area contributed by atoms with Gasteiger partial charge in [0.25, 0.3) is 0 Å². The van der Waals surface area contributed by atoms with Crippen LogP contribution in [-0.4, -0.2) is 38.2 Å². The number of ether oxygens (including phenoxy) is 2. The topological polar surface area (TPSA) is 76.7 Å². The fraction of sp³-hybridized carbons (Fsp3) is 0.500. The lowest BCUT2D eigenvalue weighted by atomic mass is 10.1. The van der Waals surface area contributed by atoms with Gasteiger partial charge in [0.1, 0.15) is 11.9 Å². The molecule has 0 spiro atoms. The van der Waals surface area contributed by atoms with Crippen molar-refractivity contribution < 1.29 is 19.1 Å². The smallest absolute Gasteiger partial charge is 0.249 e. The van der Waals surface area contributed by atoms with Crippen LogP contribution in [0.5, 0.6) is 5.75 Å². The van der Waals surface area contributed by atoms with Crippen molar-refractivity contribution in [1.82, 2.24) is 5.32 Å². The predicted octanol–water partition coefficient (Wildman–Crippen LogP) is 1.49. The number of anilines is 1. The zero-order valence-electron chi connectivity index (χ0n) is 13.0. The van der Waals surface area contributed by atoms with E-state index in [9.17, 15) is 9.59 Å². The normalized spacial score (nSPS) is 17.1. The molecule has 6 heteroatoms. The Labute approximate surface area is 130 Å². The summed E-state index contributed by atoms with van der Waals surface area (Å²) in [6.45, 7) is 2.62. The van der Waals surface area contributed by atoms with Crippen molar-refractivity contribution in [3.8, 4) is 5.75 Å². The summed E-state index contributed by atoms with van der Waals surface area (Å²) in [5.74, 6) is 0.553. The van der Waals surface area contributed by atoms with Gasteiger partial charge < -0.3 is 20.1 Å². The number of hydrogen-bond acceptors (Lipinski definition) is 4. The summed E-state index contributed by atoms with van der Waals surface area (Å²) in [6, 6.07) is 5.45. The van der Waals surface area contributed by atoms with Gasteiger partial charge in [-0.15, -0.1) is 0 Å². The van der Waals surface area contributed by atoms with E-state index in [-0.39, 0.29) is 17.9 Å². The van der Waals surface area contributed by atoms with Crippen molar-refractivity contribution in [2.45, 2.75) is 32.3 Å². The number of benzene rings is 1. The van der Waals surface area contributed by atoms with Gasteiger partial charge >= 0.3 is 0 Å². The molecule has 0 aliphatic carbocycles. The summed E-state index contributed by atoms with van der Waals surface area (Å²) in [6.07, 6.45) is 2.03. The summed E-state index contributed by atoms with van der Waals surface area (Å²) in [5, 5.41) is 5.62. The number of amides is 2. The molecule has 0 radical (unpaired) electrons. The first-order valence-electron chi connectivity index (χ1n) is 7.44. The van der Waals surface area contributed by atoms with Crippen molar-refractivity contribution >= 4 is 17.5 Å². The average molecular weight is 306 g/mol. The highest BCUT2D eigenvalue weighted by Gasteiger charge is 2.22. The Hall–Kier alpha value is -2.08. The maximum atomic E-state index is 11.9. The first-order valence-corrected chi connectivity index (χ1v) is 7.44. The second-order valence-electron chi connectivity index (χ2n) is 5.25. The third kappa shape index (κ3) is 4.46. The molecule has 2 amide bonds. The zero-order chi connectivity index (χ0) is 15.9. The van der Waals surface area contributed by atoms with Gasteiger partial charge in [0.2, 0.25) is 11.8 Å². The number of rotatable bonds is 6. The molecule has 0 aromatic heterocycles. The van der Waals surface area contributed by atoms with Crippen LogP contribution in [0.15, 0.2) is 18.2 Å². The summed E-state index contributed by atoms with van der Waals surface area (Å²) in [5.41, 5.74) is 1.65. The average Bonchev–Trinajstić information content (AvgIpc) is 3.01. The van der Waals surface area contributed by atoms with E-state index in [2.05, 4.69) is 10.6 Å². The van der Waals surface area contributed by atoms with Crippen molar-refractivity contribution in [3.05, 3.63) is 23.8 Å². The van der Waals surface area contributed by atoms with E-state index < -0.39 is 0 Å². The molecule has 2 N–H and O–H groups in total. The molecular weight excluding hydrogens is 284 g/mol. The summed E-state index contributed by atoms with van der Waals surface area (Å²) >= 11 is 0. The second-order valence-corrected chi connectivity index (χ2v) is 5.25. The molecule has 1 aliphatic rings. The van der Waals surface area contributed by atoms with Crippen molar-refractivity contribution in [2.75, 3.05) is 25.6 Å². The third-order valence-corrected chi connectivity index (χ3v) is 3.52. The number of nitrogens with one attached hydrogen (secondary N) is 2. The Morgan fingerprint density at radius 2 is 2.23 bits per heavy atom. The largest absolute Gasteiger partial charge is 0.496 e. The van der Waals surface area contributed by atoms with Crippen molar-refractivity contribution in [1.29, 1.82) is 0 Å². The Bertz CT molecular complexity index is 539. The minimum absolute atomic E-state index is 0.0607. The first-order chi connectivity index (χ1) is 10.6. The molecule has 22 heavy (non-hydrogen) atoms. The summed E-state index contributed by atoms with van der Waals surface area (Å²) in [4.78, 5) is 23.0. The van der Waals surface area contributed by atoms with E-state index in [0.717, 1.165) is 24.2 Å². The van der Waals surface area contributed by atoms with Crippen LogP contribution in [0.2, 0.25) is 0 Å². The van der Waals surface area contributed by atoms with E-state index in [4.69, 9.17) is 9.47 Å². The van der Waals surface area contributed by atoms with Crippen LogP contribution in [0.3, 0.4) is 0 Å². The van der Waals surface area contributed by atoms with Crippen molar-refractivity contribution in [3.63, 3.8) is 0 Å². The fourth-order valence-corrected chi connectivity index (χ4v) is 2.47. The van der Waals surface area contributed by atoms with Crippen LogP contribution in [0.25, 0.3) is 0 Å². The molecule has 1 aliphatic heterocycles. The highest BCUT2D eigenvalue weighted by atomic mass is 16.5. The molecule has 1 aromatic carbocycles. The minimum Gasteiger partial charge on any atom is -0.496 e. The number of methoxy groups -OCH3 is 1. The fourth-order valence-electron chi connectivity index (χ4n) is 2.47. The molecule has 6 nitrogen and oxygen atoms in total. The number of carbonyl (C=O) groups is 2. The highest BCUT2D eigenvalue weighted by Crippen LogP contribution is 2.23. The second kappa shape index (κ2) is 7.79. The van der Waals surface area contributed by atoms with Crippen LogP contribution >= 0.6 is 0 Å². The SMILES string of the molecule is COc1ccc(NC(C)=O)cc1CCNC(=O)C1CCCO1. The van der Waals surface area contributed by atoms with Gasteiger partial charge in [-0.2, -0.15) is 0 Å². The lowest BCUT2D eigenvalue weighted by Gasteiger charge is -2.13. The molecule has 1 saturated heterocycles. The van der Waals surface area contributed by atoms with Crippen LogP contribution < -0.4 is 15.4 Å². The molecule has 120 valence electrons. The zero-order valence-corrected chi connectivity index (χ0v) is 13.0. The molecule has 1 atom stereocenters. The molecule has 2 rings (SSSR count). The third-order valence-electron chi connectivity index (χ3n) is 3.52. The van der Waals surface area contributed by atoms with E-state index >= 15 is 0 Å². The van der Waals surface area contributed by atoms with Crippen LogP contribution in [0.4, 0.5) is 5.69 Å². The van der Waals surface area contributed by atoms with Gasteiger partial charge in [-0.1, -0.05) is 0 Å². The first kappa shape index (κ1) is 16.3. The van der Waals surface area contributed by atoms with E-state index in [1.165, 1.54) is 6.92 Å². The van der Waals surface area contributed by atoms with Crippen LogP contribution in [0, 0.1) is 0 Å². The standard InChI is InChI=1S/C16H22N2O4/c1-11(19)18-13-5-6-14(21-2)12(10-13)7-8-17-16(20)15-4-3-9-22-15/h5-6,10,15H,3-4,7-9H2,1-2H3,(H,17,20)(H,18,19). The molecule has 1 unspecified atom stereocenters. The van der Waals surface area contributed by atoms with E-state index in [0.29, 0.717) is 25.3 Å². The lowest BCUT2D eigenvalue weighted by molar-refractivity contribution is -0.130. The van der Waals surface area contributed by atoms with E-state index in [1.807, 2.05) is 12.1 Å². The Kier molecular flexibility index (Phi) is 5.77. The molecular formula is C16H22N2O4. The minimum atomic E-state index is -0.312. The van der Waals surface area contributed by atoms with Gasteiger partial charge in [0.15, 0.2) is 0 Å². The molecule has 0 bridgehead atoms. The molecule has 0 saturated carbocycles. The maximum Gasteiger partial charge on any atom is 0.249 e. The number of carbonyl (C=O) groups excluding carboxylic acids is 2. The van der Waals surface area contributed by atoms with Gasteiger partial charge in [-0.3, -0.25) is 9.59 Å². The molecule has 1 heterocycles. The predicted molar refractivity (Wildman–Crippen MR) is 83.0 cm³/mol. The Balaban J connectivity index is 1.92. The number of hydrogen-bond donors (Lipinski definition) is 2. The van der Waals surface area contributed by atoms with Gasteiger partial charge in [-0.05, 0) is 43.0 Å². The lowest BCUT2D eigenvalue weighted by Crippen LogP contribution is -2.35. The van der Waals surface area contributed by atoms with Crippen LogP contribution in [-0.2, 0) is 20.7 Å². The quantitative estimate of drug-likeness (QED) is 0.835. The van der Waals surface area contributed by atoms with Gasteiger partial charge in [0, 0.05) is 25.8 Å².